The Hall–Kier alpha value is -0.870. The third kappa shape index (κ3) is 4.48. The average molecular weight is 239 g/mol. The van der Waals surface area contributed by atoms with Gasteiger partial charge in [-0.1, -0.05) is 13.0 Å². The van der Waals surface area contributed by atoms with E-state index in [1.165, 1.54) is 0 Å². The van der Waals surface area contributed by atoms with E-state index in [-0.39, 0.29) is 11.8 Å². The summed E-state index contributed by atoms with van der Waals surface area (Å²) < 4.78 is 0. The van der Waals surface area contributed by atoms with Crippen molar-refractivity contribution in [3.05, 3.63) is 12.7 Å². The SMILES string of the molecule is C=CCN1CCN(C(=O)C(C)CCCN)CC1. The molecule has 1 aliphatic heterocycles. The Bertz CT molecular complexity index is 247. The summed E-state index contributed by atoms with van der Waals surface area (Å²) in [7, 11) is 0. The minimum atomic E-state index is 0.115. The van der Waals surface area contributed by atoms with Crippen molar-refractivity contribution in [2.45, 2.75) is 19.8 Å². The maximum Gasteiger partial charge on any atom is 0.225 e. The highest BCUT2D eigenvalue weighted by Gasteiger charge is 2.23. The summed E-state index contributed by atoms with van der Waals surface area (Å²) in [6.45, 7) is 11.0. The summed E-state index contributed by atoms with van der Waals surface area (Å²) in [5.41, 5.74) is 5.47. The number of hydrogen-bond acceptors (Lipinski definition) is 3. The summed E-state index contributed by atoms with van der Waals surface area (Å²) in [5, 5.41) is 0. The van der Waals surface area contributed by atoms with E-state index in [2.05, 4.69) is 11.5 Å². The van der Waals surface area contributed by atoms with Gasteiger partial charge in [0.05, 0.1) is 0 Å². The molecular weight excluding hydrogens is 214 g/mol. The van der Waals surface area contributed by atoms with Gasteiger partial charge in [-0.3, -0.25) is 9.69 Å². The highest BCUT2D eigenvalue weighted by atomic mass is 16.2. The zero-order chi connectivity index (χ0) is 12.7. The van der Waals surface area contributed by atoms with Crippen LogP contribution in [0.3, 0.4) is 0 Å². The van der Waals surface area contributed by atoms with Crippen molar-refractivity contribution in [2.75, 3.05) is 39.3 Å². The molecule has 1 heterocycles. The van der Waals surface area contributed by atoms with Crippen LogP contribution in [-0.2, 0) is 4.79 Å². The number of nitrogens with zero attached hydrogens (tertiary/aromatic N) is 2. The van der Waals surface area contributed by atoms with Crippen molar-refractivity contribution in [1.82, 2.24) is 9.80 Å². The number of rotatable bonds is 6. The zero-order valence-electron chi connectivity index (χ0n) is 10.9. The van der Waals surface area contributed by atoms with Gasteiger partial charge in [0.25, 0.3) is 0 Å². The molecule has 4 nitrogen and oxygen atoms in total. The van der Waals surface area contributed by atoms with Crippen LogP contribution in [0, 0.1) is 5.92 Å². The minimum absolute atomic E-state index is 0.115. The van der Waals surface area contributed by atoms with E-state index in [0.717, 1.165) is 45.6 Å². The monoisotopic (exact) mass is 239 g/mol. The van der Waals surface area contributed by atoms with Crippen LogP contribution in [0.1, 0.15) is 19.8 Å². The first kappa shape index (κ1) is 14.2. The maximum atomic E-state index is 12.1. The molecule has 1 aliphatic rings. The first-order valence-electron chi connectivity index (χ1n) is 6.51. The number of piperazine rings is 1. The summed E-state index contributed by atoms with van der Waals surface area (Å²) in [6, 6.07) is 0. The van der Waals surface area contributed by atoms with Crippen LogP contribution in [0.15, 0.2) is 12.7 Å². The molecule has 1 rings (SSSR count). The molecule has 17 heavy (non-hydrogen) atoms. The van der Waals surface area contributed by atoms with Crippen molar-refractivity contribution in [3.63, 3.8) is 0 Å². The van der Waals surface area contributed by atoms with Crippen LogP contribution < -0.4 is 5.73 Å². The van der Waals surface area contributed by atoms with E-state index in [1.807, 2.05) is 17.9 Å². The van der Waals surface area contributed by atoms with Gasteiger partial charge in [0, 0.05) is 38.6 Å². The lowest BCUT2D eigenvalue weighted by molar-refractivity contribution is -0.136. The Balaban J connectivity index is 2.32. The molecular formula is C13H25N3O. The van der Waals surface area contributed by atoms with Gasteiger partial charge in [-0.05, 0) is 19.4 Å². The Morgan fingerprint density at radius 3 is 2.59 bits per heavy atom. The number of amides is 1. The second-order valence-electron chi connectivity index (χ2n) is 4.75. The Morgan fingerprint density at radius 1 is 1.41 bits per heavy atom. The standard InChI is InChI=1S/C13H25N3O/c1-3-7-15-8-10-16(11-9-15)13(17)12(2)5-4-6-14/h3,12H,1,4-11,14H2,2H3. The molecule has 1 amide bonds. The topological polar surface area (TPSA) is 49.6 Å². The molecule has 1 atom stereocenters. The van der Waals surface area contributed by atoms with Crippen molar-refractivity contribution in [2.24, 2.45) is 11.7 Å². The lowest BCUT2D eigenvalue weighted by Gasteiger charge is -2.35. The minimum Gasteiger partial charge on any atom is -0.340 e. The van der Waals surface area contributed by atoms with Crippen molar-refractivity contribution >= 4 is 5.91 Å². The van der Waals surface area contributed by atoms with E-state index in [1.54, 1.807) is 0 Å². The molecule has 2 N–H and O–H groups in total. The lowest BCUT2D eigenvalue weighted by Crippen LogP contribution is -2.50. The van der Waals surface area contributed by atoms with Gasteiger partial charge in [-0.25, -0.2) is 0 Å². The summed E-state index contributed by atoms with van der Waals surface area (Å²) in [6.07, 6.45) is 3.76. The van der Waals surface area contributed by atoms with Crippen LogP contribution >= 0.6 is 0 Å². The highest BCUT2D eigenvalue weighted by molar-refractivity contribution is 5.78. The van der Waals surface area contributed by atoms with E-state index in [0.29, 0.717) is 6.54 Å². The molecule has 0 aromatic heterocycles. The van der Waals surface area contributed by atoms with Crippen LogP contribution in [0.2, 0.25) is 0 Å². The maximum absolute atomic E-state index is 12.1. The highest BCUT2D eigenvalue weighted by Crippen LogP contribution is 2.11. The van der Waals surface area contributed by atoms with Crippen molar-refractivity contribution in [1.29, 1.82) is 0 Å². The fourth-order valence-electron chi connectivity index (χ4n) is 2.19. The van der Waals surface area contributed by atoms with Gasteiger partial charge in [-0.15, -0.1) is 6.58 Å². The lowest BCUT2D eigenvalue weighted by atomic mass is 10.0. The zero-order valence-corrected chi connectivity index (χ0v) is 10.9. The van der Waals surface area contributed by atoms with Gasteiger partial charge < -0.3 is 10.6 Å². The molecule has 1 unspecified atom stereocenters. The van der Waals surface area contributed by atoms with Gasteiger partial charge in [0.15, 0.2) is 0 Å². The van der Waals surface area contributed by atoms with Gasteiger partial charge in [0.2, 0.25) is 5.91 Å². The van der Waals surface area contributed by atoms with E-state index < -0.39 is 0 Å². The Morgan fingerprint density at radius 2 is 2.06 bits per heavy atom. The predicted octanol–water partition coefficient (Wildman–Crippen LogP) is 0.692. The first-order chi connectivity index (χ1) is 8.19. The fraction of sp³-hybridized carbons (Fsp3) is 0.769. The summed E-state index contributed by atoms with van der Waals surface area (Å²) in [5.74, 6) is 0.404. The molecule has 0 aromatic rings. The van der Waals surface area contributed by atoms with E-state index >= 15 is 0 Å². The molecule has 0 aromatic carbocycles. The second kappa shape index (κ2) is 7.45. The fourth-order valence-corrected chi connectivity index (χ4v) is 2.19. The molecule has 1 saturated heterocycles. The molecule has 4 heteroatoms. The molecule has 0 radical (unpaired) electrons. The summed E-state index contributed by atoms with van der Waals surface area (Å²) >= 11 is 0. The number of hydrogen-bond donors (Lipinski definition) is 1. The quantitative estimate of drug-likeness (QED) is 0.694. The van der Waals surface area contributed by atoms with Crippen molar-refractivity contribution in [3.8, 4) is 0 Å². The molecule has 0 bridgehead atoms. The molecule has 98 valence electrons. The molecule has 0 aliphatic carbocycles. The van der Waals surface area contributed by atoms with E-state index in [9.17, 15) is 4.79 Å². The van der Waals surface area contributed by atoms with Crippen LogP contribution in [-0.4, -0.2) is 55.0 Å². The van der Waals surface area contributed by atoms with Crippen LogP contribution in [0.4, 0.5) is 0 Å². The first-order valence-corrected chi connectivity index (χ1v) is 6.51. The van der Waals surface area contributed by atoms with E-state index in [4.69, 9.17) is 5.73 Å². The normalized spacial score (nSPS) is 19.1. The largest absolute Gasteiger partial charge is 0.340 e. The number of carbonyl (C=O) groups excluding carboxylic acids is 1. The van der Waals surface area contributed by atoms with Crippen molar-refractivity contribution < 1.29 is 4.79 Å². The summed E-state index contributed by atoms with van der Waals surface area (Å²) in [4.78, 5) is 16.4. The second-order valence-corrected chi connectivity index (χ2v) is 4.75. The average Bonchev–Trinajstić information content (AvgIpc) is 2.36. The third-order valence-corrected chi connectivity index (χ3v) is 3.33. The molecule has 0 saturated carbocycles. The van der Waals surface area contributed by atoms with Gasteiger partial charge >= 0.3 is 0 Å². The predicted molar refractivity (Wildman–Crippen MR) is 70.7 cm³/mol. The van der Waals surface area contributed by atoms with Crippen LogP contribution in [0.25, 0.3) is 0 Å². The number of nitrogens with two attached hydrogens (primary N) is 1. The van der Waals surface area contributed by atoms with Crippen LogP contribution in [0.5, 0.6) is 0 Å². The third-order valence-electron chi connectivity index (χ3n) is 3.33. The van der Waals surface area contributed by atoms with Gasteiger partial charge in [-0.2, -0.15) is 0 Å². The smallest absolute Gasteiger partial charge is 0.225 e. The number of carbonyl (C=O) groups is 1. The van der Waals surface area contributed by atoms with Gasteiger partial charge in [0.1, 0.15) is 0 Å². The molecule has 1 fully saturated rings. The Kier molecular flexibility index (Phi) is 6.22. The molecule has 0 spiro atoms. The Labute approximate surface area is 104 Å².